The smallest absolute Gasteiger partial charge is 0.326 e. The number of carboxylic acid groups (broad SMARTS) is 1. The molecule has 1 N–H and O–H groups in total. The van der Waals surface area contributed by atoms with E-state index >= 15 is 0 Å². The van der Waals surface area contributed by atoms with E-state index in [2.05, 4.69) is 36.4 Å². The Bertz CT molecular complexity index is 1350. The molecule has 5 rings (SSSR count). The Labute approximate surface area is 209 Å². The molecule has 1 saturated heterocycles. The van der Waals surface area contributed by atoms with Crippen LogP contribution in [0.1, 0.15) is 34.8 Å². The number of likely N-dealkylation sites (tertiary alicyclic amines) is 1. The van der Waals surface area contributed by atoms with Crippen LogP contribution in [0.5, 0.6) is 0 Å². The molecule has 174 valence electrons. The van der Waals surface area contributed by atoms with E-state index in [1.807, 2.05) is 48.5 Å². The highest BCUT2D eigenvalue weighted by atomic mass is 35.5. The summed E-state index contributed by atoms with van der Waals surface area (Å²) < 4.78 is 0. The third-order valence-corrected chi connectivity index (χ3v) is 6.97. The molecule has 0 saturated carbocycles. The maximum absolute atomic E-state index is 13.5. The van der Waals surface area contributed by atoms with Gasteiger partial charge in [0.2, 0.25) is 0 Å². The molecule has 2 atom stereocenters. The van der Waals surface area contributed by atoms with Crippen molar-refractivity contribution in [2.75, 3.05) is 0 Å². The lowest BCUT2D eigenvalue weighted by Gasteiger charge is -2.29. The first-order chi connectivity index (χ1) is 17.0. The summed E-state index contributed by atoms with van der Waals surface area (Å²) >= 11 is 6.40. The number of carbonyl (C=O) groups is 2. The zero-order valence-corrected chi connectivity index (χ0v) is 19.7. The van der Waals surface area contributed by atoms with E-state index in [0.717, 1.165) is 27.8 Å². The molecule has 0 spiro atoms. The first-order valence-electron chi connectivity index (χ1n) is 11.6. The van der Waals surface area contributed by atoms with Gasteiger partial charge in [0.1, 0.15) is 6.04 Å². The third-order valence-electron chi connectivity index (χ3n) is 6.63. The van der Waals surface area contributed by atoms with Crippen LogP contribution in [0.15, 0.2) is 103 Å². The van der Waals surface area contributed by atoms with Gasteiger partial charge < -0.3 is 10.0 Å². The van der Waals surface area contributed by atoms with E-state index in [0.29, 0.717) is 23.4 Å². The molecule has 35 heavy (non-hydrogen) atoms. The van der Waals surface area contributed by atoms with Crippen molar-refractivity contribution in [3.05, 3.63) is 119 Å². The lowest BCUT2D eigenvalue weighted by atomic mass is 9.99. The number of amides is 1. The van der Waals surface area contributed by atoms with E-state index in [1.165, 1.54) is 4.90 Å². The molecule has 0 bridgehead atoms. The third kappa shape index (κ3) is 4.58. The van der Waals surface area contributed by atoms with E-state index in [4.69, 9.17) is 11.6 Å². The molecule has 1 aliphatic rings. The fraction of sp³-hybridized carbons (Fsp3) is 0.133. The van der Waals surface area contributed by atoms with Crippen molar-refractivity contribution in [2.24, 2.45) is 0 Å². The van der Waals surface area contributed by atoms with Gasteiger partial charge in [0.15, 0.2) is 0 Å². The monoisotopic (exact) mass is 481 g/mol. The van der Waals surface area contributed by atoms with Crippen LogP contribution in [0.4, 0.5) is 0 Å². The molecular weight excluding hydrogens is 458 g/mol. The van der Waals surface area contributed by atoms with Gasteiger partial charge in [-0.2, -0.15) is 0 Å². The van der Waals surface area contributed by atoms with Crippen molar-refractivity contribution in [2.45, 2.75) is 24.9 Å². The molecule has 1 fully saturated rings. The summed E-state index contributed by atoms with van der Waals surface area (Å²) in [4.78, 5) is 27.0. The Morgan fingerprint density at radius 3 is 1.77 bits per heavy atom. The maximum atomic E-state index is 13.5. The van der Waals surface area contributed by atoms with Crippen LogP contribution in [-0.4, -0.2) is 27.9 Å². The molecule has 0 aromatic heterocycles. The normalized spacial score (nSPS) is 17.3. The first-order valence-corrected chi connectivity index (χ1v) is 12.0. The van der Waals surface area contributed by atoms with Crippen LogP contribution >= 0.6 is 11.6 Å². The summed E-state index contributed by atoms with van der Waals surface area (Å²) in [6.07, 6.45) is 0.946. The zero-order chi connectivity index (χ0) is 24.4. The van der Waals surface area contributed by atoms with Crippen LogP contribution in [0.3, 0.4) is 0 Å². The Morgan fingerprint density at radius 1 is 0.686 bits per heavy atom. The van der Waals surface area contributed by atoms with Crippen LogP contribution in [0.25, 0.3) is 22.3 Å². The summed E-state index contributed by atoms with van der Waals surface area (Å²) in [5.74, 6) is -1.30. The molecule has 5 heteroatoms. The number of carboxylic acids is 1. The molecule has 4 aromatic carbocycles. The number of carbonyl (C=O) groups excluding carboxylic acids is 1. The number of halogens is 1. The SMILES string of the molecule is O=C(O)[C@@H]1CC[C@H](c2ccccc2Cl)N1C(=O)c1ccc(-c2ccc(-c3ccccc3)cc2)cc1. The molecule has 0 unspecified atom stereocenters. The second-order valence-corrected chi connectivity index (χ2v) is 9.11. The van der Waals surface area contributed by atoms with Crippen LogP contribution in [0, 0.1) is 0 Å². The van der Waals surface area contributed by atoms with Crippen molar-refractivity contribution < 1.29 is 14.7 Å². The van der Waals surface area contributed by atoms with Gasteiger partial charge in [-0.15, -0.1) is 0 Å². The highest BCUT2D eigenvalue weighted by Gasteiger charge is 2.42. The van der Waals surface area contributed by atoms with Gasteiger partial charge in [-0.3, -0.25) is 4.79 Å². The topological polar surface area (TPSA) is 57.6 Å². The Balaban J connectivity index is 1.40. The van der Waals surface area contributed by atoms with Crippen molar-refractivity contribution in [1.82, 2.24) is 4.90 Å². The molecule has 1 heterocycles. The Morgan fingerprint density at radius 2 is 1.20 bits per heavy atom. The van der Waals surface area contributed by atoms with Crippen molar-refractivity contribution in [3.8, 4) is 22.3 Å². The lowest BCUT2D eigenvalue weighted by Crippen LogP contribution is -2.41. The van der Waals surface area contributed by atoms with E-state index in [1.54, 1.807) is 18.2 Å². The standard InChI is InChI=1S/C30H24ClNO3/c31-26-9-5-4-8-25(26)27-18-19-28(30(34)35)32(27)29(33)24-16-14-23(15-17-24)22-12-10-21(11-13-22)20-6-2-1-3-7-20/h1-17,27-28H,18-19H2,(H,34,35)/t27-,28+/m1/s1. The predicted molar refractivity (Wildman–Crippen MR) is 138 cm³/mol. The number of hydrogen-bond acceptors (Lipinski definition) is 2. The Kier molecular flexibility index (Phi) is 6.39. The predicted octanol–water partition coefficient (Wildman–Crippen LogP) is 7.10. The van der Waals surface area contributed by atoms with E-state index < -0.39 is 12.0 Å². The molecule has 1 aliphatic heterocycles. The minimum Gasteiger partial charge on any atom is -0.480 e. The molecule has 1 amide bonds. The number of aliphatic carboxylic acids is 1. The van der Waals surface area contributed by atoms with Crippen molar-refractivity contribution in [3.63, 3.8) is 0 Å². The molecule has 0 aliphatic carbocycles. The van der Waals surface area contributed by atoms with Gasteiger partial charge >= 0.3 is 5.97 Å². The lowest BCUT2D eigenvalue weighted by molar-refractivity contribution is -0.141. The second-order valence-electron chi connectivity index (χ2n) is 8.70. The van der Waals surface area contributed by atoms with Gasteiger partial charge in [-0.25, -0.2) is 4.79 Å². The molecule has 4 nitrogen and oxygen atoms in total. The average Bonchev–Trinajstić information content (AvgIpc) is 3.35. The van der Waals surface area contributed by atoms with Crippen molar-refractivity contribution in [1.29, 1.82) is 0 Å². The van der Waals surface area contributed by atoms with Gasteiger partial charge in [0.05, 0.1) is 6.04 Å². The van der Waals surface area contributed by atoms with Gasteiger partial charge in [-0.05, 0) is 58.9 Å². The first kappa shape index (κ1) is 22.9. The second kappa shape index (κ2) is 9.77. The van der Waals surface area contributed by atoms with Crippen LogP contribution in [-0.2, 0) is 4.79 Å². The fourth-order valence-corrected chi connectivity index (χ4v) is 5.09. The van der Waals surface area contributed by atoms with Crippen LogP contribution < -0.4 is 0 Å². The summed E-state index contributed by atoms with van der Waals surface area (Å²) in [7, 11) is 0. The molecule has 4 aromatic rings. The molecule has 0 radical (unpaired) electrons. The number of nitrogens with zero attached hydrogens (tertiary/aromatic N) is 1. The van der Waals surface area contributed by atoms with Crippen LogP contribution in [0.2, 0.25) is 5.02 Å². The fourth-order valence-electron chi connectivity index (χ4n) is 4.83. The van der Waals surface area contributed by atoms with E-state index in [9.17, 15) is 14.7 Å². The largest absolute Gasteiger partial charge is 0.480 e. The maximum Gasteiger partial charge on any atom is 0.326 e. The highest BCUT2D eigenvalue weighted by Crippen LogP contribution is 2.40. The van der Waals surface area contributed by atoms with Gasteiger partial charge in [0.25, 0.3) is 5.91 Å². The number of benzene rings is 4. The quantitative estimate of drug-likeness (QED) is 0.330. The zero-order valence-electron chi connectivity index (χ0n) is 19.0. The summed E-state index contributed by atoms with van der Waals surface area (Å²) in [6, 6.07) is 31.9. The summed E-state index contributed by atoms with van der Waals surface area (Å²) in [5, 5.41) is 10.3. The number of rotatable bonds is 5. The number of hydrogen-bond donors (Lipinski definition) is 1. The minimum atomic E-state index is -0.997. The summed E-state index contributed by atoms with van der Waals surface area (Å²) in [5.41, 5.74) is 5.57. The summed E-state index contributed by atoms with van der Waals surface area (Å²) in [6.45, 7) is 0. The van der Waals surface area contributed by atoms with Gasteiger partial charge in [0, 0.05) is 10.6 Å². The molecular formula is C30H24ClNO3. The van der Waals surface area contributed by atoms with Crippen molar-refractivity contribution >= 4 is 23.5 Å². The average molecular weight is 482 g/mol. The Hall–Kier alpha value is -3.89. The minimum absolute atomic E-state index is 0.300. The van der Waals surface area contributed by atoms with Gasteiger partial charge in [-0.1, -0.05) is 96.5 Å². The highest BCUT2D eigenvalue weighted by molar-refractivity contribution is 6.31. The van der Waals surface area contributed by atoms with E-state index in [-0.39, 0.29) is 11.9 Å².